The zero-order chi connectivity index (χ0) is 34.5. The average Bonchev–Trinajstić information content (AvgIpc) is 3.67. The van der Waals surface area contributed by atoms with E-state index in [1.807, 2.05) is 42.5 Å². The molecule has 51 heavy (non-hydrogen) atoms. The van der Waals surface area contributed by atoms with E-state index >= 15 is 0 Å². The van der Waals surface area contributed by atoms with E-state index in [2.05, 4.69) is 117 Å². The summed E-state index contributed by atoms with van der Waals surface area (Å²) in [5.41, 5.74) is 12.2. The number of furan rings is 1. The standard InChI is InChI=1S/C46H36N4O/c1-46(2)36-25-12-10-20-31(36)40(44(46)47-3)42(48-28-29-16-6-4-7-17-29)35-24-14-22-33-39-34(23-15-27-38(39)51-43(33)35)45-49-37-26-13-11-21-32(37)41(50-45)30-18-8-5-9-19-30/h5-6,8-27H,3-4,7,28H2,1-2H3. The van der Waals surface area contributed by atoms with Gasteiger partial charge in [-0.05, 0) is 54.5 Å². The maximum Gasteiger partial charge on any atom is 0.161 e. The average molecular weight is 661 g/mol. The second-order valence-corrected chi connectivity index (χ2v) is 13.7. The molecule has 5 aromatic carbocycles. The molecule has 5 heteroatoms. The topological polar surface area (TPSA) is 63.6 Å². The van der Waals surface area contributed by atoms with E-state index in [-0.39, 0.29) is 5.41 Å². The molecule has 0 N–H and O–H groups in total. The van der Waals surface area contributed by atoms with Crippen LogP contribution in [0.2, 0.25) is 0 Å². The van der Waals surface area contributed by atoms with Gasteiger partial charge in [0.25, 0.3) is 0 Å². The van der Waals surface area contributed by atoms with E-state index < -0.39 is 0 Å². The van der Waals surface area contributed by atoms with E-state index in [1.165, 1.54) is 11.1 Å². The molecule has 246 valence electrons. The van der Waals surface area contributed by atoms with Gasteiger partial charge in [0.15, 0.2) is 5.82 Å². The Morgan fingerprint density at radius 3 is 2.39 bits per heavy atom. The van der Waals surface area contributed by atoms with Crippen LogP contribution >= 0.6 is 0 Å². The normalized spacial score (nSPS) is 15.5. The zero-order valence-corrected chi connectivity index (χ0v) is 28.7. The van der Waals surface area contributed by atoms with Crippen LogP contribution in [0.4, 0.5) is 0 Å². The zero-order valence-electron chi connectivity index (χ0n) is 28.7. The molecule has 0 aliphatic heterocycles. The van der Waals surface area contributed by atoms with Crippen LogP contribution in [0.25, 0.3) is 61.1 Å². The molecule has 9 rings (SSSR count). The van der Waals surface area contributed by atoms with Crippen molar-refractivity contribution in [3.05, 3.63) is 161 Å². The molecule has 0 spiro atoms. The molecule has 0 atom stereocenters. The fourth-order valence-corrected chi connectivity index (χ4v) is 7.82. The smallest absolute Gasteiger partial charge is 0.161 e. The molecule has 2 aliphatic rings. The van der Waals surface area contributed by atoms with Gasteiger partial charge >= 0.3 is 0 Å². The molecule has 5 nitrogen and oxygen atoms in total. The SMILES string of the molecule is C=NC1=C(C(=NCC2=CCCC=C2)c2cccc3c2oc2cccc(-c4nc(-c5ccccc5)c5ccccc5n4)c23)c2ccccc2C1(C)C. The lowest BCUT2D eigenvalue weighted by atomic mass is 9.85. The molecule has 7 aromatic rings. The van der Waals surface area contributed by atoms with Crippen LogP contribution in [0.1, 0.15) is 43.4 Å². The van der Waals surface area contributed by atoms with Crippen molar-refractivity contribution in [2.24, 2.45) is 9.98 Å². The Bertz CT molecular complexity index is 2650. The van der Waals surface area contributed by atoms with Gasteiger partial charge in [-0.25, -0.2) is 9.97 Å². The molecule has 2 aliphatic carbocycles. The van der Waals surface area contributed by atoms with Crippen molar-refractivity contribution in [1.82, 2.24) is 9.97 Å². The first-order chi connectivity index (χ1) is 25.0. The van der Waals surface area contributed by atoms with Crippen molar-refractivity contribution in [3.8, 4) is 22.6 Å². The lowest BCUT2D eigenvalue weighted by molar-refractivity contribution is 0.633. The van der Waals surface area contributed by atoms with Gasteiger partial charge in [0.05, 0.1) is 29.2 Å². The minimum absolute atomic E-state index is 0.336. The lowest BCUT2D eigenvalue weighted by Crippen LogP contribution is -2.16. The second-order valence-electron chi connectivity index (χ2n) is 13.7. The molecule has 0 saturated carbocycles. The summed E-state index contributed by atoms with van der Waals surface area (Å²) in [6.07, 6.45) is 8.80. The number of benzene rings is 5. The Balaban J connectivity index is 1.29. The Morgan fingerprint density at radius 2 is 1.55 bits per heavy atom. The summed E-state index contributed by atoms with van der Waals surface area (Å²) in [7, 11) is 0. The van der Waals surface area contributed by atoms with Crippen LogP contribution < -0.4 is 0 Å². The molecule has 2 heterocycles. The number of para-hydroxylation sites is 2. The quantitative estimate of drug-likeness (QED) is 0.160. The molecule has 0 fully saturated rings. The Kier molecular flexibility index (Phi) is 7.43. The van der Waals surface area contributed by atoms with Crippen LogP contribution in [0.3, 0.4) is 0 Å². The number of allylic oxidation sites excluding steroid dienone is 4. The van der Waals surface area contributed by atoms with Gasteiger partial charge in [-0.2, -0.15) is 0 Å². The highest BCUT2D eigenvalue weighted by molar-refractivity contribution is 6.37. The maximum atomic E-state index is 6.86. The van der Waals surface area contributed by atoms with Crippen LogP contribution in [-0.4, -0.2) is 28.9 Å². The molecular formula is C46H36N4O. The van der Waals surface area contributed by atoms with Crippen LogP contribution in [-0.2, 0) is 5.41 Å². The molecular weight excluding hydrogens is 625 g/mol. The molecule has 0 amide bonds. The van der Waals surface area contributed by atoms with E-state index in [0.717, 1.165) is 90.6 Å². The van der Waals surface area contributed by atoms with Gasteiger partial charge in [-0.15, -0.1) is 0 Å². The van der Waals surface area contributed by atoms with Crippen LogP contribution in [0, 0.1) is 0 Å². The van der Waals surface area contributed by atoms with Gasteiger partial charge in [0.1, 0.15) is 11.2 Å². The molecule has 0 radical (unpaired) electrons. The third kappa shape index (κ3) is 5.07. The Hall–Kier alpha value is -6.20. The van der Waals surface area contributed by atoms with Gasteiger partial charge in [-0.1, -0.05) is 129 Å². The first-order valence-electron chi connectivity index (χ1n) is 17.5. The van der Waals surface area contributed by atoms with Gasteiger partial charge in [0.2, 0.25) is 0 Å². The molecule has 0 unspecified atom stereocenters. The van der Waals surface area contributed by atoms with Crippen molar-refractivity contribution in [1.29, 1.82) is 0 Å². The van der Waals surface area contributed by atoms with E-state index in [9.17, 15) is 0 Å². The summed E-state index contributed by atoms with van der Waals surface area (Å²) in [6, 6.07) is 39.6. The fraction of sp³-hybridized carbons (Fsp3) is 0.130. The first kappa shape index (κ1) is 30.8. The highest BCUT2D eigenvalue weighted by Gasteiger charge is 2.40. The number of hydrogen-bond donors (Lipinski definition) is 0. The largest absolute Gasteiger partial charge is 0.455 e. The number of aromatic nitrogens is 2. The maximum absolute atomic E-state index is 6.86. The van der Waals surface area contributed by atoms with Gasteiger partial charge in [0, 0.05) is 43.8 Å². The second kappa shape index (κ2) is 12.3. The van der Waals surface area contributed by atoms with Crippen molar-refractivity contribution in [3.63, 3.8) is 0 Å². The molecule has 2 aromatic heterocycles. The fourth-order valence-electron chi connectivity index (χ4n) is 7.82. The monoisotopic (exact) mass is 660 g/mol. The third-order valence-electron chi connectivity index (χ3n) is 10.3. The summed E-state index contributed by atoms with van der Waals surface area (Å²) in [5.74, 6) is 0.656. The van der Waals surface area contributed by atoms with Gasteiger partial charge < -0.3 is 4.42 Å². The summed E-state index contributed by atoms with van der Waals surface area (Å²) in [4.78, 5) is 20.4. The minimum atomic E-state index is -0.336. The van der Waals surface area contributed by atoms with E-state index in [0.29, 0.717) is 12.4 Å². The summed E-state index contributed by atoms with van der Waals surface area (Å²) >= 11 is 0. The van der Waals surface area contributed by atoms with Crippen molar-refractivity contribution < 1.29 is 4.42 Å². The predicted molar refractivity (Wildman–Crippen MR) is 211 cm³/mol. The number of rotatable bonds is 7. The highest BCUT2D eigenvalue weighted by Crippen LogP contribution is 2.49. The van der Waals surface area contributed by atoms with Crippen molar-refractivity contribution in [2.45, 2.75) is 32.1 Å². The minimum Gasteiger partial charge on any atom is -0.455 e. The van der Waals surface area contributed by atoms with Crippen molar-refractivity contribution in [2.75, 3.05) is 6.54 Å². The van der Waals surface area contributed by atoms with Crippen LogP contribution in [0.15, 0.2) is 159 Å². The first-order valence-corrected chi connectivity index (χ1v) is 17.5. The Labute approximate surface area is 297 Å². The predicted octanol–water partition coefficient (Wildman–Crippen LogP) is 11.3. The Morgan fingerprint density at radius 1 is 0.784 bits per heavy atom. The van der Waals surface area contributed by atoms with Crippen molar-refractivity contribution >= 4 is 50.8 Å². The molecule has 0 bridgehead atoms. The summed E-state index contributed by atoms with van der Waals surface area (Å²) < 4.78 is 6.86. The van der Waals surface area contributed by atoms with Gasteiger partial charge in [-0.3, -0.25) is 9.98 Å². The highest BCUT2D eigenvalue weighted by atomic mass is 16.3. The number of nitrogens with zero attached hydrogens (tertiary/aromatic N) is 4. The number of fused-ring (bicyclic) bond motifs is 5. The third-order valence-corrected chi connectivity index (χ3v) is 10.3. The lowest BCUT2D eigenvalue weighted by Gasteiger charge is -2.21. The van der Waals surface area contributed by atoms with Crippen LogP contribution in [0.5, 0.6) is 0 Å². The summed E-state index contributed by atoms with van der Waals surface area (Å²) in [5, 5.41) is 2.98. The van der Waals surface area contributed by atoms with E-state index in [1.54, 1.807) is 0 Å². The molecule has 0 saturated heterocycles. The number of aliphatic imine (C=N–C) groups is 2. The number of hydrogen-bond acceptors (Lipinski definition) is 5. The van der Waals surface area contributed by atoms with E-state index in [4.69, 9.17) is 19.4 Å². The summed E-state index contributed by atoms with van der Waals surface area (Å²) in [6.45, 7) is 9.05.